The van der Waals surface area contributed by atoms with Crippen molar-refractivity contribution in [2.24, 2.45) is 5.41 Å². The molecule has 1 aliphatic rings. The maximum atomic E-state index is 13.3. The third kappa shape index (κ3) is 7.01. The molecule has 1 saturated carbocycles. The van der Waals surface area contributed by atoms with Crippen molar-refractivity contribution in [3.05, 3.63) is 33.8 Å². The number of carboxylic acid groups (broad SMARTS) is 1. The van der Waals surface area contributed by atoms with Crippen LogP contribution in [0.25, 0.3) is 21.3 Å². The second kappa shape index (κ2) is 12.2. The van der Waals surface area contributed by atoms with Crippen molar-refractivity contribution in [3.63, 3.8) is 0 Å². The predicted molar refractivity (Wildman–Crippen MR) is 154 cm³/mol. The first-order valence-corrected chi connectivity index (χ1v) is 16.2. The Morgan fingerprint density at radius 2 is 1.91 bits per heavy atom. The fourth-order valence-electron chi connectivity index (χ4n) is 4.52. The van der Waals surface area contributed by atoms with Crippen molar-refractivity contribution in [2.45, 2.75) is 82.0 Å². The van der Waals surface area contributed by atoms with Gasteiger partial charge in [0.25, 0.3) is 0 Å². The molecule has 1 atom stereocenters. The fraction of sp³-hybridized carbons (Fsp3) is 0.538. The van der Waals surface area contributed by atoms with Crippen LogP contribution in [-0.4, -0.2) is 59.5 Å². The Labute approximate surface area is 260 Å². The molecule has 1 aromatic carbocycles. The van der Waals surface area contributed by atoms with Gasteiger partial charge in [-0.3, -0.25) is 4.79 Å². The van der Waals surface area contributed by atoms with Gasteiger partial charge in [-0.2, -0.15) is 22.9 Å². The van der Waals surface area contributed by atoms with E-state index in [4.69, 9.17) is 37.4 Å². The molecule has 0 amide bonds. The van der Waals surface area contributed by atoms with Crippen LogP contribution in [0.15, 0.2) is 21.6 Å². The van der Waals surface area contributed by atoms with Crippen molar-refractivity contribution in [1.82, 2.24) is 19.8 Å². The number of hydrogen-bond donors (Lipinski definition) is 2. The summed E-state index contributed by atoms with van der Waals surface area (Å²) < 4.78 is 78.4. The lowest BCUT2D eigenvalue weighted by Crippen LogP contribution is -2.44. The summed E-state index contributed by atoms with van der Waals surface area (Å²) >= 11 is 14.1. The Hall–Kier alpha value is -2.30. The highest BCUT2D eigenvalue weighted by molar-refractivity contribution is 7.89. The van der Waals surface area contributed by atoms with E-state index in [2.05, 4.69) is 10.1 Å². The van der Waals surface area contributed by atoms with Gasteiger partial charge in [-0.05, 0) is 45.6 Å². The minimum absolute atomic E-state index is 0.0220. The van der Waals surface area contributed by atoms with E-state index < -0.39 is 55.6 Å². The highest BCUT2D eigenvalue weighted by atomic mass is 35.5. The average molecular weight is 686 g/mol. The summed E-state index contributed by atoms with van der Waals surface area (Å²) in [6.45, 7) is 4.26. The van der Waals surface area contributed by atoms with Gasteiger partial charge in [0.1, 0.15) is 10.9 Å². The zero-order chi connectivity index (χ0) is 32.0. The molecule has 236 valence electrons. The molecule has 1 fully saturated rings. The summed E-state index contributed by atoms with van der Waals surface area (Å²) in [6, 6.07) is 0.139. The molecule has 0 unspecified atom stereocenters. The van der Waals surface area contributed by atoms with Crippen molar-refractivity contribution in [1.29, 1.82) is 0 Å². The molecular weight excluding hydrogens is 656 g/mol. The highest BCUT2D eigenvalue weighted by Gasteiger charge is 2.42. The average Bonchev–Trinajstić information content (AvgIpc) is 3.52. The van der Waals surface area contributed by atoms with Crippen LogP contribution in [0.4, 0.5) is 13.2 Å². The topological polar surface area (TPSA) is 145 Å². The molecule has 17 heteroatoms. The van der Waals surface area contributed by atoms with E-state index in [1.165, 1.54) is 26.8 Å². The number of halogens is 5. The lowest BCUT2D eigenvalue weighted by atomic mass is 9.76. The molecule has 3 aromatic rings. The van der Waals surface area contributed by atoms with Crippen molar-refractivity contribution in [2.75, 3.05) is 7.11 Å². The third-order valence-corrected chi connectivity index (χ3v) is 11.0. The summed E-state index contributed by atoms with van der Waals surface area (Å²) in [5.74, 6) is -0.829. The number of thiazole rings is 1. The number of benzene rings is 1. The van der Waals surface area contributed by atoms with Gasteiger partial charge < -0.3 is 14.4 Å². The van der Waals surface area contributed by atoms with Crippen LogP contribution in [0.3, 0.4) is 0 Å². The van der Waals surface area contributed by atoms with E-state index in [9.17, 15) is 31.5 Å². The van der Waals surface area contributed by atoms with Crippen LogP contribution in [0.5, 0.6) is 0 Å². The predicted octanol–water partition coefficient (Wildman–Crippen LogP) is 6.55. The van der Waals surface area contributed by atoms with Crippen molar-refractivity contribution >= 4 is 50.5 Å². The first kappa shape index (κ1) is 33.6. The molecule has 4 rings (SSSR count). The van der Waals surface area contributed by atoms with Crippen LogP contribution in [0, 0.1) is 5.41 Å². The molecule has 0 saturated heterocycles. The molecule has 43 heavy (non-hydrogen) atoms. The van der Waals surface area contributed by atoms with E-state index in [1.54, 1.807) is 11.8 Å². The van der Waals surface area contributed by atoms with Gasteiger partial charge >= 0.3 is 12.1 Å². The molecule has 2 N–H and O–H groups in total. The Morgan fingerprint density at radius 1 is 1.23 bits per heavy atom. The van der Waals surface area contributed by atoms with E-state index in [0.29, 0.717) is 27.6 Å². The van der Waals surface area contributed by atoms with Crippen molar-refractivity contribution in [3.8, 4) is 21.3 Å². The smallest absolute Gasteiger partial charge is 0.404 e. The monoisotopic (exact) mass is 684 g/mol. The van der Waals surface area contributed by atoms with Crippen LogP contribution < -0.4 is 4.72 Å². The number of alkyl halides is 3. The standard InChI is InChI=1S/C26H29Cl2F3N4O6S2/c1-5-16(26(29,30)31)35-43(38,39)15-8-7-13(18(27)19(15)28)20-14(11-25(40-4)9-6-10-25)32-22(42-20)21-33-17(41-34-21)12-24(2,3)23(36)37/h7-8,16,35H,5-6,9-12H2,1-4H3,(H,36,37)/t16-/m0/s1. The Balaban J connectivity index is 1.76. The molecular formula is C26H29Cl2F3N4O6S2. The van der Waals surface area contributed by atoms with Gasteiger partial charge in [-0.15, -0.1) is 11.3 Å². The number of rotatable bonds is 12. The molecule has 2 aromatic heterocycles. The number of nitrogens with zero attached hydrogens (tertiary/aromatic N) is 3. The maximum Gasteiger partial charge on any atom is 0.404 e. The van der Waals surface area contributed by atoms with Gasteiger partial charge in [0.05, 0.1) is 31.6 Å². The second-order valence-corrected chi connectivity index (χ2v) is 14.4. The Bertz CT molecular complexity index is 1620. The number of aliphatic carboxylic acids is 1. The summed E-state index contributed by atoms with van der Waals surface area (Å²) in [6.07, 6.45) is -2.47. The van der Waals surface area contributed by atoms with Gasteiger partial charge in [0.15, 0.2) is 5.01 Å². The summed E-state index contributed by atoms with van der Waals surface area (Å²) in [4.78, 5) is 20.5. The van der Waals surface area contributed by atoms with Crippen LogP contribution in [0.2, 0.25) is 10.0 Å². The zero-order valence-corrected chi connectivity index (χ0v) is 26.7. The number of sulfonamides is 1. The van der Waals surface area contributed by atoms with Gasteiger partial charge in [-0.1, -0.05) is 41.3 Å². The van der Waals surface area contributed by atoms with Crippen LogP contribution in [0.1, 0.15) is 58.0 Å². The summed E-state index contributed by atoms with van der Waals surface area (Å²) in [7, 11) is -3.09. The highest BCUT2D eigenvalue weighted by Crippen LogP contribution is 2.46. The number of carboxylic acids is 1. The second-order valence-electron chi connectivity index (χ2n) is 11.0. The Morgan fingerprint density at radius 3 is 2.44 bits per heavy atom. The zero-order valence-electron chi connectivity index (χ0n) is 23.5. The van der Waals surface area contributed by atoms with E-state index in [0.717, 1.165) is 36.7 Å². The van der Waals surface area contributed by atoms with E-state index >= 15 is 0 Å². The quantitative estimate of drug-likeness (QED) is 0.217. The van der Waals surface area contributed by atoms with Gasteiger partial charge in [0, 0.05) is 25.5 Å². The molecule has 0 spiro atoms. The summed E-state index contributed by atoms with van der Waals surface area (Å²) in [5.41, 5.74) is -0.803. The van der Waals surface area contributed by atoms with Gasteiger partial charge in [-0.25, -0.2) is 13.4 Å². The minimum atomic E-state index is -4.80. The molecule has 10 nitrogen and oxygen atoms in total. The molecule has 0 bridgehead atoms. The number of hydrogen-bond acceptors (Lipinski definition) is 9. The van der Waals surface area contributed by atoms with Crippen LogP contribution >= 0.6 is 34.5 Å². The van der Waals surface area contributed by atoms with E-state index in [1.807, 2.05) is 0 Å². The molecule has 0 aliphatic heterocycles. The number of methoxy groups -OCH3 is 1. The molecule has 1 aliphatic carbocycles. The number of ether oxygens (including phenoxy) is 1. The molecule has 2 heterocycles. The lowest BCUT2D eigenvalue weighted by molar-refractivity contribution is -0.151. The normalized spacial score (nSPS) is 16.2. The number of nitrogens with one attached hydrogen (secondary N) is 1. The Kier molecular flexibility index (Phi) is 9.56. The fourth-order valence-corrected chi connectivity index (χ4v) is 7.79. The summed E-state index contributed by atoms with van der Waals surface area (Å²) in [5, 5.41) is 13.1. The largest absolute Gasteiger partial charge is 0.481 e. The maximum absolute atomic E-state index is 13.3. The minimum Gasteiger partial charge on any atom is -0.481 e. The SMILES string of the molecule is CC[C@H](NS(=O)(=O)c1ccc(-c2sc(-c3noc(CC(C)(C)C(=O)O)n3)nc2CC2(OC)CCC2)c(Cl)c1Cl)C(F)(F)F. The van der Waals surface area contributed by atoms with Crippen molar-refractivity contribution < 1.29 is 40.8 Å². The van der Waals surface area contributed by atoms with Crippen LogP contribution in [-0.2, 0) is 32.4 Å². The third-order valence-electron chi connectivity index (χ3n) is 7.40. The first-order valence-electron chi connectivity index (χ1n) is 13.1. The van der Waals surface area contributed by atoms with Gasteiger partial charge in [0.2, 0.25) is 21.7 Å². The number of carbonyl (C=O) groups is 1. The first-order chi connectivity index (χ1) is 19.9. The van der Waals surface area contributed by atoms with E-state index in [-0.39, 0.29) is 23.2 Å². The molecule has 0 radical (unpaired) electrons. The lowest BCUT2D eigenvalue weighted by Gasteiger charge is -2.40. The number of aromatic nitrogens is 3.